The highest BCUT2D eigenvalue weighted by molar-refractivity contribution is 8.00. The highest BCUT2D eigenvalue weighted by atomic mass is 32.2. The van der Waals surface area contributed by atoms with E-state index >= 15 is 0 Å². The topological polar surface area (TPSA) is 12.0 Å². The molecule has 0 amide bonds. The molecule has 1 aromatic rings. The van der Waals surface area contributed by atoms with Crippen molar-refractivity contribution < 1.29 is 0 Å². The molecule has 114 valence electrons. The zero-order valence-electron chi connectivity index (χ0n) is 14.2. The van der Waals surface area contributed by atoms with Crippen LogP contribution in [-0.2, 0) is 5.41 Å². The van der Waals surface area contributed by atoms with Crippen molar-refractivity contribution in [1.82, 2.24) is 5.32 Å². The number of nitrogens with one attached hydrogen (secondary N) is 1. The number of hydrogen-bond donors (Lipinski definition) is 1. The lowest BCUT2D eigenvalue weighted by Gasteiger charge is -2.26. The quantitative estimate of drug-likeness (QED) is 0.720. The van der Waals surface area contributed by atoms with Gasteiger partial charge < -0.3 is 5.32 Å². The maximum Gasteiger partial charge on any atom is 0.0191 e. The first kappa shape index (κ1) is 17.6. The predicted octanol–water partition coefficient (Wildman–Crippen LogP) is 5.24. The van der Waals surface area contributed by atoms with E-state index in [2.05, 4.69) is 78.0 Å². The SMILES string of the molecule is CCC(C)(C)NCC(C)Sc1ccc(C(C)(C)C)cc1. The third-order valence-corrected chi connectivity index (χ3v) is 4.92. The van der Waals surface area contributed by atoms with Crippen LogP contribution in [0, 0.1) is 0 Å². The second-order valence-corrected chi connectivity index (χ2v) is 8.83. The number of benzene rings is 1. The molecule has 0 aliphatic heterocycles. The van der Waals surface area contributed by atoms with Crippen LogP contribution in [0.4, 0.5) is 0 Å². The Balaban J connectivity index is 2.52. The van der Waals surface area contributed by atoms with Crippen molar-refractivity contribution in [3.63, 3.8) is 0 Å². The third-order valence-electron chi connectivity index (χ3n) is 3.81. The van der Waals surface area contributed by atoms with Gasteiger partial charge in [0.1, 0.15) is 0 Å². The Hall–Kier alpha value is -0.470. The lowest BCUT2D eigenvalue weighted by Crippen LogP contribution is -2.41. The van der Waals surface area contributed by atoms with E-state index in [1.807, 2.05) is 11.8 Å². The van der Waals surface area contributed by atoms with Gasteiger partial charge in [-0.3, -0.25) is 0 Å². The Bertz CT molecular complexity index is 400. The minimum absolute atomic E-state index is 0.238. The van der Waals surface area contributed by atoms with Gasteiger partial charge in [0, 0.05) is 22.2 Å². The lowest BCUT2D eigenvalue weighted by molar-refractivity contribution is 0.379. The normalized spacial score (nSPS) is 14.3. The molecule has 0 aromatic heterocycles. The molecule has 1 rings (SSSR count). The molecule has 1 atom stereocenters. The van der Waals surface area contributed by atoms with Gasteiger partial charge in [-0.2, -0.15) is 0 Å². The summed E-state index contributed by atoms with van der Waals surface area (Å²) in [5.74, 6) is 0. The van der Waals surface area contributed by atoms with E-state index in [-0.39, 0.29) is 11.0 Å². The molecule has 0 heterocycles. The second kappa shape index (κ2) is 7.00. The largest absolute Gasteiger partial charge is 0.311 e. The van der Waals surface area contributed by atoms with Gasteiger partial charge in [0.15, 0.2) is 0 Å². The fraction of sp³-hybridized carbons (Fsp3) is 0.667. The van der Waals surface area contributed by atoms with Gasteiger partial charge in [-0.15, -0.1) is 11.8 Å². The van der Waals surface area contributed by atoms with Crippen molar-refractivity contribution in [3.05, 3.63) is 29.8 Å². The summed E-state index contributed by atoms with van der Waals surface area (Å²) in [6, 6.07) is 9.04. The molecule has 0 spiro atoms. The fourth-order valence-corrected chi connectivity index (χ4v) is 2.78. The molecule has 1 aromatic carbocycles. The van der Waals surface area contributed by atoms with Crippen molar-refractivity contribution in [2.24, 2.45) is 0 Å². The van der Waals surface area contributed by atoms with Crippen molar-refractivity contribution in [2.75, 3.05) is 6.54 Å². The minimum Gasteiger partial charge on any atom is -0.311 e. The molecule has 0 saturated heterocycles. The van der Waals surface area contributed by atoms with Gasteiger partial charge >= 0.3 is 0 Å². The molecular weight excluding hydrogens is 262 g/mol. The molecule has 20 heavy (non-hydrogen) atoms. The predicted molar refractivity (Wildman–Crippen MR) is 92.8 cm³/mol. The van der Waals surface area contributed by atoms with Gasteiger partial charge in [-0.25, -0.2) is 0 Å². The molecule has 0 fully saturated rings. The van der Waals surface area contributed by atoms with Crippen LogP contribution in [-0.4, -0.2) is 17.3 Å². The van der Waals surface area contributed by atoms with E-state index in [0.29, 0.717) is 5.25 Å². The Kier molecular flexibility index (Phi) is 6.15. The first-order chi connectivity index (χ1) is 9.14. The summed E-state index contributed by atoms with van der Waals surface area (Å²) in [6.07, 6.45) is 1.16. The van der Waals surface area contributed by atoms with E-state index < -0.39 is 0 Å². The summed E-state index contributed by atoms with van der Waals surface area (Å²) in [6.45, 7) is 16.9. The Morgan fingerprint density at radius 3 is 2.05 bits per heavy atom. The molecule has 0 aliphatic rings. The molecule has 2 heteroatoms. The Labute approximate surface area is 129 Å². The maximum atomic E-state index is 3.64. The van der Waals surface area contributed by atoms with Crippen LogP contribution >= 0.6 is 11.8 Å². The highest BCUT2D eigenvalue weighted by Gasteiger charge is 2.16. The van der Waals surface area contributed by atoms with Crippen molar-refractivity contribution in [3.8, 4) is 0 Å². The van der Waals surface area contributed by atoms with Crippen molar-refractivity contribution in [1.29, 1.82) is 0 Å². The standard InChI is InChI=1S/C18H31NS/c1-8-18(6,7)19-13-14(2)20-16-11-9-15(10-12-16)17(3,4)5/h9-12,14,19H,8,13H2,1-7H3. The van der Waals surface area contributed by atoms with E-state index in [9.17, 15) is 0 Å². The van der Waals surface area contributed by atoms with E-state index in [0.717, 1.165) is 13.0 Å². The van der Waals surface area contributed by atoms with Crippen LogP contribution in [0.15, 0.2) is 29.2 Å². The zero-order chi connectivity index (χ0) is 15.4. The molecule has 1 N–H and O–H groups in total. The van der Waals surface area contributed by atoms with Crippen LogP contribution in [0.25, 0.3) is 0 Å². The summed E-state index contributed by atoms with van der Waals surface area (Å²) in [5.41, 5.74) is 1.88. The van der Waals surface area contributed by atoms with E-state index in [1.165, 1.54) is 10.5 Å². The molecule has 0 aliphatic carbocycles. The van der Waals surface area contributed by atoms with Gasteiger partial charge in [0.05, 0.1) is 0 Å². The summed E-state index contributed by atoms with van der Waals surface area (Å²) >= 11 is 1.95. The van der Waals surface area contributed by atoms with Gasteiger partial charge in [0.2, 0.25) is 0 Å². The molecule has 0 bridgehead atoms. The van der Waals surface area contributed by atoms with Crippen molar-refractivity contribution in [2.45, 2.75) is 76.0 Å². The second-order valence-electron chi connectivity index (χ2n) is 7.32. The number of thioether (sulfide) groups is 1. The Morgan fingerprint density at radius 2 is 1.60 bits per heavy atom. The summed E-state index contributed by atoms with van der Waals surface area (Å²) in [7, 11) is 0. The summed E-state index contributed by atoms with van der Waals surface area (Å²) in [4.78, 5) is 1.36. The molecule has 0 radical (unpaired) electrons. The van der Waals surface area contributed by atoms with E-state index in [1.54, 1.807) is 0 Å². The lowest BCUT2D eigenvalue weighted by atomic mass is 9.87. The summed E-state index contributed by atoms with van der Waals surface area (Å²) in [5, 5.41) is 4.23. The van der Waals surface area contributed by atoms with Crippen LogP contribution in [0.5, 0.6) is 0 Å². The first-order valence-electron chi connectivity index (χ1n) is 7.66. The third kappa shape index (κ3) is 5.88. The Morgan fingerprint density at radius 1 is 1.05 bits per heavy atom. The van der Waals surface area contributed by atoms with Crippen LogP contribution in [0.2, 0.25) is 0 Å². The maximum absolute atomic E-state index is 3.64. The van der Waals surface area contributed by atoms with Gasteiger partial charge in [-0.1, -0.05) is 46.8 Å². The van der Waals surface area contributed by atoms with Crippen molar-refractivity contribution >= 4 is 11.8 Å². The van der Waals surface area contributed by atoms with Crippen LogP contribution in [0.3, 0.4) is 0 Å². The van der Waals surface area contributed by atoms with Gasteiger partial charge in [0.25, 0.3) is 0 Å². The molecule has 0 saturated carbocycles. The first-order valence-corrected chi connectivity index (χ1v) is 8.54. The summed E-state index contributed by atoms with van der Waals surface area (Å²) < 4.78 is 0. The smallest absolute Gasteiger partial charge is 0.0191 e. The highest BCUT2D eigenvalue weighted by Crippen LogP contribution is 2.27. The van der Waals surface area contributed by atoms with Crippen LogP contribution < -0.4 is 5.32 Å². The monoisotopic (exact) mass is 293 g/mol. The molecule has 1 unspecified atom stereocenters. The van der Waals surface area contributed by atoms with Crippen LogP contribution in [0.1, 0.15) is 60.5 Å². The average Bonchev–Trinajstić information content (AvgIpc) is 2.36. The zero-order valence-corrected chi connectivity index (χ0v) is 15.0. The minimum atomic E-state index is 0.238. The molecular formula is C18H31NS. The number of hydrogen-bond acceptors (Lipinski definition) is 2. The fourth-order valence-electron chi connectivity index (χ4n) is 1.85. The average molecular weight is 294 g/mol. The van der Waals surface area contributed by atoms with E-state index in [4.69, 9.17) is 0 Å². The molecule has 1 nitrogen and oxygen atoms in total. The number of rotatable bonds is 6. The van der Waals surface area contributed by atoms with Gasteiger partial charge in [-0.05, 0) is 43.4 Å².